The van der Waals surface area contributed by atoms with Crippen LogP contribution in [0.2, 0.25) is 0 Å². The van der Waals surface area contributed by atoms with E-state index in [9.17, 15) is 18.0 Å². The van der Waals surface area contributed by atoms with Gasteiger partial charge >= 0.3 is 0 Å². The van der Waals surface area contributed by atoms with Gasteiger partial charge in [0.15, 0.2) is 15.5 Å². The van der Waals surface area contributed by atoms with Crippen LogP contribution < -0.4 is 5.56 Å². The molecule has 0 aliphatic carbocycles. The summed E-state index contributed by atoms with van der Waals surface area (Å²) in [5.74, 6) is -0.168. The molecule has 0 spiro atoms. The molecule has 25 heavy (non-hydrogen) atoms. The van der Waals surface area contributed by atoms with Crippen molar-refractivity contribution in [1.82, 2.24) is 24.2 Å². The molecule has 1 aliphatic rings. The molecule has 1 atom stereocenters. The first-order chi connectivity index (χ1) is 11.8. The third-order valence-corrected chi connectivity index (χ3v) is 6.21. The molecule has 0 aromatic carbocycles. The Bertz CT molecular complexity index is 962. The SMILES string of the molecule is CCCN(C(=O)Cn1cnc2c(cnn2C)c1=O)[C@H]1CCS(=O)(=O)C1. The molecule has 1 amide bonds. The van der Waals surface area contributed by atoms with E-state index < -0.39 is 9.84 Å². The quantitative estimate of drug-likeness (QED) is 0.709. The third-order valence-electron chi connectivity index (χ3n) is 4.46. The number of hydrogen-bond donors (Lipinski definition) is 0. The molecule has 0 N–H and O–H groups in total. The third kappa shape index (κ3) is 3.44. The molecule has 0 radical (unpaired) electrons. The summed E-state index contributed by atoms with van der Waals surface area (Å²) >= 11 is 0. The van der Waals surface area contributed by atoms with Crippen molar-refractivity contribution in [2.24, 2.45) is 7.05 Å². The molecule has 3 rings (SSSR count). The summed E-state index contributed by atoms with van der Waals surface area (Å²) in [7, 11) is -1.40. The average molecular weight is 367 g/mol. The van der Waals surface area contributed by atoms with E-state index in [1.165, 1.54) is 21.8 Å². The highest BCUT2D eigenvalue weighted by Gasteiger charge is 2.34. The van der Waals surface area contributed by atoms with Crippen LogP contribution in [0.25, 0.3) is 11.0 Å². The van der Waals surface area contributed by atoms with Gasteiger partial charge in [0.1, 0.15) is 18.3 Å². The predicted octanol–water partition coefficient (Wildman–Crippen LogP) is -0.444. The largest absolute Gasteiger partial charge is 0.337 e. The number of carbonyl (C=O) groups excluding carboxylic acids is 1. The van der Waals surface area contributed by atoms with Crippen LogP contribution in [0, 0.1) is 0 Å². The Kier molecular flexibility index (Phi) is 4.63. The van der Waals surface area contributed by atoms with Gasteiger partial charge in [-0.25, -0.2) is 13.4 Å². The number of sulfone groups is 1. The van der Waals surface area contributed by atoms with Crippen LogP contribution in [0.1, 0.15) is 19.8 Å². The molecule has 1 fully saturated rings. The number of hydrogen-bond acceptors (Lipinski definition) is 6. The maximum atomic E-state index is 12.7. The maximum Gasteiger partial charge on any atom is 0.264 e. The van der Waals surface area contributed by atoms with Crippen LogP contribution in [-0.2, 0) is 28.2 Å². The lowest BCUT2D eigenvalue weighted by atomic mass is 10.2. The zero-order valence-electron chi connectivity index (χ0n) is 14.3. The molecule has 9 nitrogen and oxygen atoms in total. The van der Waals surface area contributed by atoms with E-state index in [0.29, 0.717) is 24.0 Å². The summed E-state index contributed by atoms with van der Waals surface area (Å²) in [6.07, 6.45) is 3.93. The van der Waals surface area contributed by atoms with Crippen molar-refractivity contribution >= 4 is 26.8 Å². The Hall–Kier alpha value is -2.23. The van der Waals surface area contributed by atoms with Gasteiger partial charge in [0.05, 0.1) is 17.7 Å². The zero-order valence-corrected chi connectivity index (χ0v) is 15.1. The van der Waals surface area contributed by atoms with Crippen LogP contribution in [0.3, 0.4) is 0 Å². The van der Waals surface area contributed by atoms with Crippen molar-refractivity contribution < 1.29 is 13.2 Å². The normalized spacial score (nSPS) is 19.4. The molecular formula is C15H21N5O4S. The lowest BCUT2D eigenvalue weighted by molar-refractivity contribution is -0.133. The van der Waals surface area contributed by atoms with Crippen LogP contribution >= 0.6 is 0 Å². The molecule has 0 unspecified atom stereocenters. The molecule has 0 bridgehead atoms. The number of rotatable bonds is 5. The first kappa shape index (κ1) is 17.6. The van der Waals surface area contributed by atoms with E-state index in [4.69, 9.17) is 0 Å². The fraction of sp³-hybridized carbons (Fsp3) is 0.600. The molecule has 2 aromatic heterocycles. The first-order valence-electron chi connectivity index (χ1n) is 8.19. The van der Waals surface area contributed by atoms with E-state index in [2.05, 4.69) is 10.1 Å². The van der Waals surface area contributed by atoms with Gasteiger partial charge in [-0.2, -0.15) is 5.10 Å². The van der Waals surface area contributed by atoms with Crippen molar-refractivity contribution in [1.29, 1.82) is 0 Å². The minimum absolute atomic E-state index is 0.00642. The second-order valence-electron chi connectivity index (χ2n) is 6.33. The Balaban J connectivity index is 1.84. The lowest BCUT2D eigenvalue weighted by Crippen LogP contribution is -2.44. The Morgan fingerprint density at radius 2 is 2.20 bits per heavy atom. The lowest BCUT2D eigenvalue weighted by Gasteiger charge is -2.28. The molecule has 136 valence electrons. The second kappa shape index (κ2) is 6.58. The van der Waals surface area contributed by atoms with Gasteiger partial charge in [-0.3, -0.25) is 18.8 Å². The number of carbonyl (C=O) groups is 1. The van der Waals surface area contributed by atoms with Crippen LogP contribution in [0.15, 0.2) is 17.3 Å². The fourth-order valence-electron chi connectivity index (χ4n) is 3.19. The standard InChI is InChI=1S/C15H21N5O4S/c1-3-5-20(11-4-6-25(23,24)9-11)13(21)8-19-10-16-14-12(15(19)22)7-17-18(14)2/h7,10-11H,3-6,8-9H2,1-2H3/t11-/m0/s1. The molecular weight excluding hydrogens is 346 g/mol. The second-order valence-corrected chi connectivity index (χ2v) is 8.56. The minimum atomic E-state index is -3.09. The van der Waals surface area contributed by atoms with Gasteiger partial charge in [0.25, 0.3) is 5.56 Å². The summed E-state index contributed by atoms with van der Waals surface area (Å²) in [6, 6.07) is -0.316. The van der Waals surface area contributed by atoms with Crippen molar-refractivity contribution in [3.05, 3.63) is 22.9 Å². The number of nitrogens with zero attached hydrogens (tertiary/aromatic N) is 5. The highest BCUT2D eigenvalue weighted by Crippen LogP contribution is 2.18. The number of aryl methyl sites for hydroxylation is 1. The van der Waals surface area contributed by atoms with Gasteiger partial charge in [0.2, 0.25) is 5.91 Å². The minimum Gasteiger partial charge on any atom is -0.337 e. The Morgan fingerprint density at radius 3 is 2.84 bits per heavy atom. The summed E-state index contributed by atoms with van der Waals surface area (Å²) in [5, 5.41) is 4.35. The summed E-state index contributed by atoms with van der Waals surface area (Å²) in [4.78, 5) is 31.0. The number of fused-ring (bicyclic) bond motifs is 1. The van der Waals surface area contributed by atoms with E-state index in [1.54, 1.807) is 11.9 Å². The molecule has 2 aromatic rings. The molecule has 3 heterocycles. The molecule has 1 aliphatic heterocycles. The maximum absolute atomic E-state index is 12.7. The highest BCUT2D eigenvalue weighted by molar-refractivity contribution is 7.91. The molecule has 0 saturated carbocycles. The summed E-state index contributed by atoms with van der Waals surface area (Å²) < 4.78 is 26.2. The van der Waals surface area contributed by atoms with Gasteiger partial charge < -0.3 is 4.90 Å². The van der Waals surface area contributed by atoms with Crippen LogP contribution in [0.4, 0.5) is 0 Å². The molecule has 10 heteroatoms. The highest BCUT2D eigenvalue weighted by atomic mass is 32.2. The Labute approximate surface area is 145 Å². The van der Waals surface area contributed by atoms with Crippen LogP contribution in [-0.4, -0.2) is 62.6 Å². The van der Waals surface area contributed by atoms with Crippen molar-refractivity contribution in [2.75, 3.05) is 18.1 Å². The van der Waals surface area contributed by atoms with E-state index in [1.807, 2.05) is 6.92 Å². The summed E-state index contributed by atoms with van der Waals surface area (Å²) in [5.41, 5.74) is 0.128. The predicted molar refractivity (Wildman–Crippen MR) is 91.8 cm³/mol. The first-order valence-corrected chi connectivity index (χ1v) is 10.0. The van der Waals surface area contributed by atoms with Gasteiger partial charge in [-0.1, -0.05) is 6.92 Å². The average Bonchev–Trinajstić information content (AvgIpc) is 3.10. The fourth-order valence-corrected chi connectivity index (χ4v) is 4.92. The smallest absolute Gasteiger partial charge is 0.264 e. The van der Waals surface area contributed by atoms with E-state index in [-0.39, 0.29) is 35.6 Å². The van der Waals surface area contributed by atoms with Crippen molar-refractivity contribution in [3.63, 3.8) is 0 Å². The molecule has 1 saturated heterocycles. The summed E-state index contributed by atoms with van der Waals surface area (Å²) in [6.45, 7) is 2.24. The van der Waals surface area contributed by atoms with E-state index >= 15 is 0 Å². The number of amides is 1. The van der Waals surface area contributed by atoms with E-state index in [0.717, 1.165) is 6.42 Å². The number of aromatic nitrogens is 4. The van der Waals surface area contributed by atoms with Gasteiger partial charge in [-0.15, -0.1) is 0 Å². The van der Waals surface area contributed by atoms with Crippen molar-refractivity contribution in [3.8, 4) is 0 Å². The zero-order chi connectivity index (χ0) is 18.2. The van der Waals surface area contributed by atoms with Gasteiger partial charge in [-0.05, 0) is 12.8 Å². The monoisotopic (exact) mass is 367 g/mol. The van der Waals surface area contributed by atoms with Crippen LogP contribution in [0.5, 0.6) is 0 Å². The topological polar surface area (TPSA) is 107 Å². The van der Waals surface area contributed by atoms with Gasteiger partial charge in [0, 0.05) is 19.6 Å². The Morgan fingerprint density at radius 1 is 1.44 bits per heavy atom. The van der Waals surface area contributed by atoms with Crippen molar-refractivity contribution in [2.45, 2.75) is 32.4 Å².